The Bertz CT molecular complexity index is 155. The molecule has 1 rings (SSSR count). The highest BCUT2D eigenvalue weighted by Crippen LogP contribution is 2.08. The van der Waals surface area contributed by atoms with Gasteiger partial charge >= 0.3 is 11.9 Å². The number of hydrogen-bond donors (Lipinski definition) is 0. The van der Waals surface area contributed by atoms with Crippen LogP contribution >= 0.6 is 0 Å². The normalized spacial score (nSPS) is 30.0. The van der Waals surface area contributed by atoms with Crippen molar-refractivity contribution in [1.82, 2.24) is 0 Å². The predicted molar refractivity (Wildman–Crippen MR) is 37.8 cm³/mol. The van der Waals surface area contributed by atoms with E-state index in [0.717, 1.165) is 0 Å². The van der Waals surface area contributed by atoms with E-state index in [1.807, 2.05) is 0 Å². The first-order valence-electron chi connectivity index (χ1n) is 3.02. The Balaban J connectivity index is 0.000001000. The lowest BCUT2D eigenvalue weighted by Crippen LogP contribution is -2.40. The van der Waals surface area contributed by atoms with Gasteiger partial charge in [-0.2, -0.15) is 0 Å². The third-order valence-corrected chi connectivity index (χ3v) is 1.25. The minimum Gasteiger partial charge on any atom is -0.448 e. The van der Waals surface area contributed by atoms with Gasteiger partial charge in [0.2, 0.25) is 0 Å². The highest BCUT2D eigenvalue weighted by molar-refractivity contribution is 5.86. The molecule has 2 atom stereocenters. The molecule has 4 heteroatoms. The van der Waals surface area contributed by atoms with Crippen LogP contribution < -0.4 is 0 Å². The van der Waals surface area contributed by atoms with E-state index in [0.29, 0.717) is 0 Å². The number of rotatable bonds is 0. The molecule has 1 fully saturated rings. The Morgan fingerprint density at radius 2 is 1.27 bits per heavy atom. The molecule has 0 amide bonds. The molecule has 1 saturated heterocycles. The summed E-state index contributed by atoms with van der Waals surface area (Å²) >= 11 is 0. The van der Waals surface area contributed by atoms with Gasteiger partial charge in [-0.15, -0.1) is 0 Å². The van der Waals surface area contributed by atoms with E-state index < -0.39 is 24.1 Å². The summed E-state index contributed by atoms with van der Waals surface area (Å²) in [4.78, 5) is 21.3. The van der Waals surface area contributed by atoms with Gasteiger partial charge in [-0.25, -0.2) is 9.59 Å². The molecule has 0 aromatic heterocycles. The fraction of sp³-hybridized carbons (Fsp3) is 0.714. The van der Waals surface area contributed by atoms with E-state index >= 15 is 0 Å². The van der Waals surface area contributed by atoms with Gasteiger partial charge in [0.05, 0.1) is 0 Å². The summed E-state index contributed by atoms with van der Waals surface area (Å²) in [7, 11) is 0. The largest absolute Gasteiger partial charge is 0.448 e. The minimum atomic E-state index is -0.747. The second-order valence-corrected chi connectivity index (χ2v) is 2.16. The highest BCUT2D eigenvalue weighted by atomic mass is 16.6. The smallest absolute Gasteiger partial charge is 0.347 e. The van der Waals surface area contributed by atoms with Crippen molar-refractivity contribution in [2.45, 2.75) is 33.5 Å². The number of ether oxygens (including phenoxy) is 2. The number of carbonyl (C=O) groups excluding carboxylic acids is 2. The van der Waals surface area contributed by atoms with Gasteiger partial charge in [-0.05, 0) is 13.8 Å². The van der Waals surface area contributed by atoms with E-state index in [1.165, 1.54) is 13.8 Å². The lowest BCUT2D eigenvalue weighted by atomic mass is 10.3. The average molecular weight is 160 g/mol. The van der Waals surface area contributed by atoms with Gasteiger partial charge in [0.15, 0.2) is 12.2 Å². The minimum absolute atomic E-state index is 0. The van der Waals surface area contributed by atoms with Crippen molar-refractivity contribution in [1.29, 1.82) is 0 Å². The van der Waals surface area contributed by atoms with Gasteiger partial charge in [-0.3, -0.25) is 0 Å². The summed E-state index contributed by atoms with van der Waals surface area (Å²) in [5.41, 5.74) is 0. The molecule has 0 N–H and O–H groups in total. The first-order valence-corrected chi connectivity index (χ1v) is 3.02. The molecule has 0 aromatic carbocycles. The van der Waals surface area contributed by atoms with Crippen LogP contribution in [0.3, 0.4) is 0 Å². The molecular formula is C7H12O4. The van der Waals surface area contributed by atoms with E-state index in [4.69, 9.17) is 0 Å². The summed E-state index contributed by atoms with van der Waals surface area (Å²) in [6.45, 7) is 2.96. The summed E-state index contributed by atoms with van der Waals surface area (Å²) in [6, 6.07) is 0. The van der Waals surface area contributed by atoms with Crippen LogP contribution in [0.4, 0.5) is 0 Å². The Hall–Kier alpha value is -1.06. The van der Waals surface area contributed by atoms with E-state index in [2.05, 4.69) is 9.47 Å². The SMILES string of the molecule is C.C[C@H]1OC(=O)[C@@H](C)OC1=O. The molecule has 64 valence electrons. The molecule has 0 radical (unpaired) electrons. The number of cyclic esters (lactones) is 2. The summed E-state index contributed by atoms with van der Waals surface area (Å²) < 4.78 is 9.19. The van der Waals surface area contributed by atoms with Crippen LogP contribution in [-0.4, -0.2) is 24.1 Å². The third-order valence-electron chi connectivity index (χ3n) is 1.25. The molecule has 11 heavy (non-hydrogen) atoms. The standard InChI is InChI=1S/C6H8O4.CH4/c1-3-5(7)10-4(2)6(8)9-3;/h3-4H,1-2H3;1H4/t3-,4-;/m1./s1. The molecule has 0 saturated carbocycles. The van der Waals surface area contributed by atoms with E-state index in [1.54, 1.807) is 0 Å². The topological polar surface area (TPSA) is 52.6 Å². The van der Waals surface area contributed by atoms with E-state index in [9.17, 15) is 9.59 Å². The number of esters is 2. The van der Waals surface area contributed by atoms with Crippen molar-refractivity contribution in [3.05, 3.63) is 0 Å². The van der Waals surface area contributed by atoms with Crippen molar-refractivity contribution in [2.75, 3.05) is 0 Å². The molecule has 0 aromatic rings. The predicted octanol–water partition coefficient (Wildman–Crippen LogP) is 0.500. The quantitative estimate of drug-likeness (QED) is 0.484. The second-order valence-electron chi connectivity index (χ2n) is 2.16. The molecule has 0 spiro atoms. The first-order chi connectivity index (χ1) is 4.61. The van der Waals surface area contributed by atoms with Crippen LogP contribution in [-0.2, 0) is 19.1 Å². The van der Waals surface area contributed by atoms with Crippen molar-refractivity contribution >= 4 is 11.9 Å². The highest BCUT2D eigenvalue weighted by Gasteiger charge is 2.32. The Morgan fingerprint density at radius 3 is 1.55 bits per heavy atom. The zero-order valence-electron chi connectivity index (χ0n) is 5.79. The van der Waals surface area contributed by atoms with Gasteiger partial charge in [0, 0.05) is 0 Å². The third kappa shape index (κ3) is 1.93. The fourth-order valence-electron chi connectivity index (χ4n) is 0.636. The molecule has 0 aliphatic carbocycles. The fourth-order valence-corrected chi connectivity index (χ4v) is 0.636. The molecule has 0 unspecified atom stereocenters. The monoisotopic (exact) mass is 160 g/mol. The van der Waals surface area contributed by atoms with Crippen LogP contribution in [0.25, 0.3) is 0 Å². The second kappa shape index (κ2) is 3.37. The van der Waals surface area contributed by atoms with Crippen LogP contribution in [0.15, 0.2) is 0 Å². The molecule has 4 nitrogen and oxygen atoms in total. The van der Waals surface area contributed by atoms with Gasteiger partial charge < -0.3 is 9.47 Å². The Morgan fingerprint density at radius 1 is 1.00 bits per heavy atom. The summed E-state index contributed by atoms with van der Waals surface area (Å²) in [6.07, 6.45) is -1.49. The molecule has 1 aliphatic heterocycles. The van der Waals surface area contributed by atoms with Crippen molar-refractivity contribution in [3.8, 4) is 0 Å². The zero-order chi connectivity index (χ0) is 7.72. The maximum absolute atomic E-state index is 10.7. The molecule has 1 heterocycles. The lowest BCUT2D eigenvalue weighted by molar-refractivity contribution is -0.191. The first kappa shape index (κ1) is 9.94. The average Bonchev–Trinajstić information content (AvgIpc) is 1.84. The van der Waals surface area contributed by atoms with Gasteiger partial charge in [-0.1, -0.05) is 7.43 Å². The summed E-state index contributed by atoms with van der Waals surface area (Å²) in [5, 5.41) is 0. The Labute approximate surface area is 65.5 Å². The van der Waals surface area contributed by atoms with Crippen LogP contribution in [0, 0.1) is 0 Å². The maximum atomic E-state index is 10.7. The van der Waals surface area contributed by atoms with Crippen LogP contribution in [0.5, 0.6) is 0 Å². The van der Waals surface area contributed by atoms with Crippen molar-refractivity contribution in [3.63, 3.8) is 0 Å². The molecule has 0 bridgehead atoms. The molecular weight excluding hydrogens is 148 g/mol. The maximum Gasteiger partial charge on any atom is 0.347 e. The van der Waals surface area contributed by atoms with Crippen LogP contribution in [0.2, 0.25) is 0 Å². The summed E-state index contributed by atoms with van der Waals surface area (Å²) in [5.74, 6) is -0.959. The van der Waals surface area contributed by atoms with E-state index in [-0.39, 0.29) is 7.43 Å². The number of hydrogen-bond acceptors (Lipinski definition) is 4. The molecule has 1 aliphatic rings. The Kier molecular flexibility index (Phi) is 3.04. The number of carbonyl (C=O) groups is 2. The zero-order valence-corrected chi connectivity index (χ0v) is 5.79. The lowest BCUT2D eigenvalue weighted by Gasteiger charge is -2.22. The van der Waals surface area contributed by atoms with Crippen LogP contribution in [0.1, 0.15) is 21.3 Å². The van der Waals surface area contributed by atoms with Gasteiger partial charge in [0.25, 0.3) is 0 Å². The van der Waals surface area contributed by atoms with Gasteiger partial charge in [0.1, 0.15) is 0 Å². The van der Waals surface area contributed by atoms with Crippen molar-refractivity contribution in [2.24, 2.45) is 0 Å². The van der Waals surface area contributed by atoms with Crippen molar-refractivity contribution < 1.29 is 19.1 Å².